The van der Waals surface area contributed by atoms with Gasteiger partial charge in [0.05, 0.1) is 7.11 Å². The van der Waals surface area contributed by atoms with Crippen molar-refractivity contribution in [3.8, 4) is 5.75 Å². The summed E-state index contributed by atoms with van der Waals surface area (Å²) in [6.07, 6.45) is 4.52. The lowest BCUT2D eigenvalue weighted by Crippen LogP contribution is -2.57. The Kier molecular flexibility index (Phi) is 6.26. The van der Waals surface area contributed by atoms with Crippen LogP contribution >= 0.6 is 0 Å². The maximum atomic E-state index is 14.2. The number of methoxy groups -OCH3 is 1. The molecule has 2 aromatic rings. The van der Waals surface area contributed by atoms with Crippen molar-refractivity contribution in [2.24, 2.45) is 0 Å². The number of aromatic nitrogens is 1. The van der Waals surface area contributed by atoms with Crippen LogP contribution in [-0.2, 0) is 17.9 Å². The molecular weight excluding hydrogens is 361 g/mol. The van der Waals surface area contributed by atoms with E-state index >= 15 is 0 Å². The van der Waals surface area contributed by atoms with Gasteiger partial charge in [-0.05, 0) is 49.7 Å². The van der Waals surface area contributed by atoms with Crippen LogP contribution in [0.2, 0.25) is 0 Å². The number of piperidine rings is 1. The van der Waals surface area contributed by atoms with Crippen LogP contribution in [0.1, 0.15) is 24.0 Å². The highest BCUT2D eigenvalue weighted by molar-refractivity contribution is 5.86. The second kappa shape index (κ2) is 8.67. The van der Waals surface area contributed by atoms with E-state index < -0.39 is 11.4 Å². The number of amides is 1. The number of nitrogens with zero attached hydrogens (tertiary/aromatic N) is 3. The second-order valence-corrected chi connectivity index (χ2v) is 7.35. The molecule has 1 N–H and O–H groups in total. The van der Waals surface area contributed by atoms with Gasteiger partial charge in [0, 0.05) is 44.1 Å². The van der Waals surface area contributed by atoms with Crippen LogP contribution in [-0.4, -0.2) is 58.6 Å². The first-order valence-electron chi connectivity index (χ1n) is 9.33. The van der Waals surface area contributed by atoms with E-state index in [1.54, 1.807) is 24.5 Å². The predicted molar refractivity (Wildman–Crippen MR) is 103 cm³/mol. The Hall–Kier alpha value is -2.51. The van der Waals surface area contributed by atoms with E-state index in [2.05, 4.69) is 4.98 Å². The van der Waals surface area contributed by atoms with Crippen molar-refractivity contribution in [2.45, 2.75) is 31.5 Å². The molecule has 0 saturated carbocycles. The van der Waals surface area contributed by atoms with E-state index in [4.69, 9.17) is 4.74 Å². The molecular formula is C21H26FN3O3. The fraction of sp³-hybridized carbons (Fsp3) is 0.429. The zero-order chi connectivity index (χ0) is 20.1. The lowest BCUT2D eigenvalue weighted by molar-refractivity contribution is -0.160. The van der Waals surface area contributed by atoms with Gasteiger partial charge in [0.1, 0.15) is 11.6 Å². The Balaban J connectivity index is 1.68. The van der Waals surface area contributed by atoms with Gasteiger partial charge < -0.3 is 14.7 Å². The standard InChI is InChI=1S/C21H26FN3O3/c1-24(13-16-5-3-9-23-12-16)15-21(27)8-4-10-25(20(21)26)14-17-11-18(28-2)6-7-19(17)22/h3,5-7,9,11-12,27H,4,8,10,13-15H2,1-2H3. The number of carbonyl (C=O) groups is 1. The molecule has 1 aliphatic rings. The summed E-state index contributed by atoms with van der Waals surface area (Å²) >= 11 is 0. The molecule has 7 heteroatoms. The first-order valence-corrected chi connectivity index (χ1v) is 9.33. The summed E-state index contributed by atoms with van der Waals surface area (Å²) < 4.78 is 19.3. The normalized spacial score (nSPS) is 19.9. The smallest absolute Gasteiger partial charge is 0.256 e. The molecule has 1 aromatic carbocycles. The van der Waals surface area contributed by atoms with Crippen LogP contribution in [0.3, 0.4) is 0 Å². The van der Waals surface area contributed by atoms with Crippen molar-refractivity contribution in [1.29, 1.82) is 0 Å². The number of hydrogen-bond donors (Lipinski definition) is 1. The number of benzene rings is 1. The van der Waals surface area contributed by atoms with E-state index in [1.165, 1.54) is 18.1 Å². The fourth-order valence-corrected chi connectivity index (χ4v) is 3.67. The lowest BCUT2D eigenvalue weighted by atomic mass is 9.90. The Morgan fingerprint density at radius 1 is 1.39 bits per heavy atom. The van der Waals surface area contributed by atoms with E-state index in [9.17, 15) is 14.3 Å². The van der Waals surface area contributed by atoms with Crippen LogP contribution in [0.4, 0.5) is 4.39 Å². The third kappa shape index (κ3) is 4.66. The number of ether oxygens (including phenoxy) is 1. The maximum Gasteiger partial charge on any atom is 0.256 e. The zero-order valence-electron chi connectivity index (χ0n) is 16.3. The molecule has 1 aliphatic heterocycles. The molecule has 0 bridgehead atoms. The minimum atomic E-state index is -1.48. The highest BCUT2D eigenvalue weighted by Crippen LogP contribution is 2.27. The van der Waals surface area contributed by atoms with Crippen molar-refractivity contribution in [2.75, 3.05) is 27.2 Å². The Morgan fingerprint density at radius 2 is 2.21 bits per heavy atom. The molecule has 0 radical (unpaired) electrons. The Bertz CT molecular complexity index is 818. The summed E-state index contributed by atoms with van der Waals surface area (Å²) in [5.74, 6) is -0.220. The summed E-state index contributed by atoms with van der Waals surface area (Å²) in [5, 5.41) is 11.0. The van der Waals surface area contributed by atoms with Crippen LogP contribution in [0.15, 0.2) is 42.7 Å². The van der Waals surface area contributed by atoms with Crippen LogP contribution < -0.4 is 4.74 Å². The first-order chi connectivity index (χ1) is 13.4. The monoisotopic (exact) mass is 387 g/mol. The molecule has 1 amide bonds. The number of hydrogen-bond acceptors (Lipinski definition) is 5. The summed E-state index contributed by atoms with van der Waals surface area (Å²) in [4.78, 5) is 20.5. The number of carbonyl (C=O) groups excluding carboxylic acids is 1. The third-order valence-electron chi connectivity index (χ3n) is 5.02. The van der Waals surface area contributed by atoms with E-state index in [0.717, 1.165) is 5.56 Å². The average Bonchev–Trinajstić information content (AvgIpc) is 2.68. The van der Waals surface area contributed by atoms with E-state index in [0.29, 0.717) is 37.2 Å². The van der Waals surface area contributed by atoms with Crippen LogP contribution in [0.5, 0.6) is 5.75 Å². The van der Waals surface area contributed by atoms with Gasteiger partial charge in [0.2, 0.25) is 0 Å². The Morgan fingerprint density at radius 3 is 2.93 bits per heavy atom. The topological polar surface area (TPSA) is 65.9 Å². The first kappa shape index (κ1) is 20.2. The minimum Gasteiger partial charge on any atom is -0.497 e. The molecule has 1 fully saturated rings. The van der Waals surface area contributed by atoms with Crippen molar-refractivity contribution in [3.63, 3.8) is 0 Å². The van der Waals surface area contributed by atoms with E-state index in [-0.39, 0.29) is 19.0 Å². The fourth-order valence-electron chi connectivity index (χ4n) is 3.67. The van der Waals surface area contributed by atoms with Gasteiger partial charge >= 0.3 is 0 Å². The summed E-state index contributed by atoms with van der Waals surface area (Å²) in [6.45, 7) is 1.38. The van der Waals surface area contributed by atoms with Crippen LogP contribution in [0, 0.1) is 5.82 Å². The highest BCUT2D eigenvalue weighted by atomic mass is 19.1. The van der Waals surface area contributed by atoms with Gasteiger partial charge in [-0.1, -0.05) is 6.07 Å². The molecule has 150 valence electrons. The average molecular weight is 387 g/mol. The third-order valence-corrected chi connectivity index (χ3v) is 5.02. The number of likely N-dealkylation sites (tertiary alicyclic amines) is 1. The number of halogens is 1. The van der Waals surface area contributed by atoms with Gasteiger partial charge in [-0.15, -0.1) is 0 Å². The SMILES string of the molecule is COc1ccc(F)c(CN2CCCC(O)(CN(C)Cc3cccnc3)C2=O)c1. The molecule has 6 nitrogen and oxygen atoms in total. The van der Waals surface area contributed by atoms with E-state index in [1.807, 2.05) is 24.1 Å². The number of likely N-dealkylation sites (N-methyl/N-ethyl adjacent to an activating group) is 1. The predicted octanol–water partition coefficient (Wildman–Crippen LogP) is 2.21. The lowest BCUT2D eigenvalue weighted by Gasteiger charge is -2.40. The van der Waals surface area contributed by atoms with Gasteiger partial charge in [-0.25, -0.2) is 4.39 Å². The minimum absolute atomic E-state index is 0.108. The van der Waals surface area contributed by atoms with Gasteiger partial charge in [-0.3, -0.25) is 14.7 Å². The molecule has 28 heavy (non-hydrogen) atoms. The van der Waals surface area contributed by atoms with Crippen molar-refractivity contribution in [3.05, 3.63) is 59.7 Å². The molecule has 3 rings (SSSR count). The molecule has 1 saturated heterocycles. The number of rotatable bonds is 7. The maximum absolute atomic E-state index is 14.2. The van der Waals surface area contributed by atoms with Crippen LogP contribution in [0.25, 0.3) is 0 Å². The van der Waals surface area contributed by atoms with Crippen molar-refractivity contribution in [1.82, 2.24) is 14.8 Å². The number of pyridine rings is 1. The summed E-state index contributed by atoms with van der Waals surface area (Å²) in [5.41, 5.74) is -0.0993. The molecule has 1 unspecified atom stereocenters. The van der Waals surface area contributed by atoms with Gasteiger partial charge in [-0.2, -0.15) is 0 Å². The molecule has 0 aliphatic carbocycles. The summed E-state index contributed by atoms with van der Waals surface area (Å²) in [7, 11) is 3.37. The Labute approximate surface area is 164 Å². The second-order valence-electron chi connectivity index (χ2n) is 7.35. The summed E-state index contributed by atoms with van der Waals surface area (Å²) in [6, 6.07) is 8.27. The number of aliphatic hydroxyl groups is 1. The zero-order valence-corrected chi connectivity index (χ0v) is 16.3. The molecule has 0 spiro atoms. The highest BCUT2D eigenvalue weighted by Gasteiger charge is 2.43. The van der Waals surface area contributed by atoms with Crippen molar-refractivity contribution >= 4 is 5.91 Å². The van der Waals surface area contributed by atoms with Gasteiger partial charge in [0.15, 0.2) is 5.60 Å². The van der Waals surface area contributed by atoms with Gasteiger partial charge in [0.25, 0.3) is 5.91 Å². The largest absolute Gasteiger partial charge is 0.497 e. The molecule has 1 aromatic heterocycles. The van der Waals surface area contributed by atoms with Crippen molar-refractivity contribution < 1.29 is 19.0 Å². The molecule has 1 atom stereocenters. The molecule has 2 heterocycles. The quantitative estimate of drug-likeness (QED) is 0.789.